The van der Waals surface area contributed by atoms with Crippen molar-refractivity contribution < 1.29 is 13.9 Å². The molecule has 162 valence electrons. The number of nitrogens with two attached hydrogens (primary N) is 1. The minimum atomic E-state index is -0.516. The number of ether oxygens (including phenoxy) is 1. The Kier molecular flexibility index (Phi) is 7.60. The fourth-order valence-electron chi connectivity index (χ4n) is 3.83. The van der Waals surface area contributed by atoms with Gasteiger partial charge in [-0.25, -0.2) is 9.37 Å². The van der Waals surface area contributed by atoms with E-state index < -0.39 is 5.91 Å². The van der Waals surface area contributed by atoms with E-state index in [0.717, 1.165) is 32.5 Å². The van der Waals surface area contributed by atoms with Crippen molar-refractivity contribution in [2.75, 3.05) is 13.1 Å². The number of amides is 1. The highest BCUT2D eigenvalue weighted by Crippen LogP contribution is 2.28. The Labute approximate surface area is 187 Å². The van der Waals surface area contributed by atoms with E-state index in [1.807, 2.05) is 24.3 Å². The van der Waals surface area contributed by atoms with E-state index in [-0.39, 0.29) is 18.2 Å². The van der Waals surface area contributed by atoms with Gasteiger partial charge in [0.2, 0.25) is 11.8 Å². The van der Waals surface area contributed by atoms with Crippen LogP contribution in [-0.4, -0.2) is 28.9 Å². The molecule has 2 heterocycles. The second-order valence-electron chi connectivity index (χ2n) is 7.62. The Hall–Kier alpha value is -2.96. The van der Waals surface area contributed by atoms with E-state index in [0.29, 0.717) is 23.1 Å². The Balaban J connectivity index is 0.00000272. The minimum Gasteiger partial charge on any atom is -0.439 e. The van der Waals surface area contributed by atoms with Gasteiger partial charge in [-0.3, -0.25) is 9.69 Å². The number of pyridine rings is 1. The topological polar surface area (TPSA) is 68.5 Å². The van der Waals surface area contributed by atoms with Crippen LogP contribution in [0.3, 0.4) is 0 Å². The Morgan fingerprint density at radius 1 is 1.10 bits per heavy atom. The molecule has 0 spiro atoms. The van der Waals surface area contributed by atoms with Crippen molar-refractivity contribution in [1.82, 2.24) is 9.88 Å². The molecular formula is C24H25ClFN3O2. The van der Waals surface area contributed by atoms with Gasteiger partial charge in [-0.15, -0.1) is 12.4 Å². The molecule has 1 aliphatic heterocycles. The Bertz CT molecular complexity index is 995. The van der Waals surface area contributed by atoms with Crippen LogP contribution in [0.25, 0.3) is 0 Å². The first-order chi connectivity index (χ1) is 14.6. The molecule has 1 saturated heterocycles. The van der Waals surface area contributed by atoms with Gasteiger partial charge in [-0.1, -0.05) is 24.3 Å². The van der Waals surface area contributed by atoms with Crippen LogP contribution in [0.2, 0.25) is 0 Å². The van der Waals surface area contributed by atoms with Crippen LogP contribution in [0, 0.1) is 5.82 Å². The van der Waals surface area contributed by atoms with Gasteiger partial charge in [0.15, 0.2) is 0 Å². The van der Waals surface area contributed by atoms with E-state index in [9.17, 15) is 9.18 Å². The van der Waals surface area contributed by atoms with Gasteiger partial charge >= 0.3 is 0 Å². The highest BCUT2D eigenvalue weighted by molar-refractivity contribution is 5.92. The van der Waals surface area contributed by atoms with E-state index >= 15 is 0 Å². The molecule has 1 amide bonds. The summed E-state index contributed by atoms with van der Waals surface area (Å²) in [5.74, 6) is 0.828. The lowest BCUT2D eigenvalue weighted by atomic mass is 9.90. The number of piperidine rings is 1. The molecule has 1 aliphatic rings. The van der Waals surface area contributed by atoms with Crippen LogP contribution >= 0.6 is 12.4 Å². The third-order valence-corrected chi connectivity index (χ3v) is 5.42. The van der Waals surface area contributed by atoms with Crippen LogP contribution in [0.1, 0.15) is 40.2 Å². The minimum absolute atomic E-state index is 0. The second kappa shape index (κ2) is 10.4. The van der Waals surface area contributed by atoms with Crippen molar-refractivity contribution in [3.8, 4) is 11.6 Å². The summed E-state index contributed by atoms with van der Waals surface area (Å²) < 4.78 is 18.9. The molecular weight excluding hydrogens is 417 g/mol. The summed E-state index contributed by atoms with van der Waals surface area (Å²) in [6, 6.07) is 18.0. The van der Waals surface area contributed by atoms with Crippen LogP contribution in [0.4, 0.5) is 4.39 Å². The zero-order valence-electron chi connectivity index (χ0n) is 17.0. The van der Waals surface area contributed by atoms with Crippen LogP contribution in [0.15, 0.2) is 66.9 Å². The molecule has 1 unspecified atom stereocenters. The van der Waals surface area contributed by atoms with Crippen molar-refractivity contribution in [1.29, 1.82) is 0 Å². The number of carbonyl (C=O) groups excluding carboxylic acids is 1. The highest BCUT2D eigenvalue weighted by Gasteiger charge is 2.21. The molecule has 0 radical (unpaired) electrons. The number of benzene rings is 2. The molecule has 7 heteroatoms. The van der Waals surface area contributed by atoms with Crippen LogP contribution in [0.5, 0.6) is 11.6 Å². The first kappa shape index (κ1) is 22.7. The van der Waals surface area contributed by atoms with Crippen LogP contribution < -0.4 is 10.5 Å². The smallest absolute Gasteiger partial charge is 0.250 e. The fraction of sp³-hybridized carbons (Fsp3) is 0.250. The number of carbonyl (C=O) groups is 1. The van der Waals surface area contributed by atoms with Crippen molar-refractivity contribution in [3.05, 3.63) is 89.4 Å². The molecule has 2 aromatic carbocycles. The SMILES string of the molecule is Cl.NC(=O)c1ccc(Oc2ccc(CN3CCCC(c4ccc(F)cc4)C3)cc2)nc1. The zero-order chi connectivity index (χ0) is 20.9. The molecule has 0 bridgehead atoms. The average molecular weight is 442 g/mol. The quantitative estimate of drug-likeness (QED) is 0.590. The summed E-state index contributed by atoms with van der Waals surface area (Å²) >= 11 is 0. The number of likely N-dealkylation sites (tertiary alicyclic amines) is 1. The van der Waals surface area contributed by atoms with Crippen LogP contribution in [-0.2, 0) is 6.54 Å². The molecule has 4 rings (SSSR count). The predicted octanol–water partition coefficient (Wildman–Crippen LogP) is 4.91. The van der Waals surface area contributed by atoms with Gasteiger partial charge in [-0.2, -0.15) is 0 Å². The van der Waals surface area contributed by atoms with Gasteiger partial charge in [-0.05, 0) is 66.8 Å². The monoisotopic (exact) mass is 441 g/mol. The molecule has 0 saturated carbocycles. The lowest BCUT2D eigenvalue weighted by molar-refractivity contribution is 0.1000. The molecule has 5 nitrogen and oxygen atoms in total. The standard InChI is InChI=1S/C24H24FN3O2.ClH/c25-21-8-5-18(6-9-21)20-2-1-13-28(16-20)15-17-3-10-22(11-4-17)30-23-12-7-19(14-27-23)24(26)29;/h3-12,14,20H,1-2,13,15-16H2,(H2,26,29);1H. The molecule has 1 atom stereocenters. The number of primary amides is 1. The first-order valence-electron chi connectivity index (χ1n) is 10.1. The number of nitrogens with zero attached hydrogens (tertiary/aromatic N) is 2. The number of hydrogen-bond acceptors (Lipinski definition) is 4. The van der Waals surface area contributed by atoms with Gasteiger partial charge < -0.3 is 10.5 Å². The number of halogens is 2. The third kappa shape index (κ3) is 6.03. The maximum absolute atomic E-state index is 13.2. The van der Waals surface area contributed by atoms with E-state index in [2.05, 4.69) is 22.0 Å². The van der Waals surface area contributed by atoms with Crippen molar-refractivity contribution in [2.24, 2.45) is 5.73 Å². The number of rotatable bonds is 6. The molecule has 1 fully saturated rings. The van der Waals surface area contributed by atoms with E-state index in [4.69, 9.17) is 10.5 Å². The number of hydrogen-bond donors (Lipinski definition) is 1. The largest absolute Gasteiger partial charge is 0.439 e. The van der Waals surface area contributed by atoms with Gasteiger partial charge in [0.25, 0.3) is 0 Å². The summed E-state index contributed by atoms with van der Waals surface area (Å²) in [7, 11) is 0. The van der Waals surface area contributed by atoms with Crippen molar-refractivity contribution in [2.45, 2.75) is 25.3 Å². The van der Waals surface area contributed by atoms with Gasteiger partial charge in [0.05, 0.1) is 5.56 Å². The summed E-state index contributed by atoms with van der Waals surface area (Å²) in [5.41, 5.74) is 7.98. The fourth-order valence-corrected chi connectivity index (χ4v) is 3.83. The molecule has 31 heavy (non-hydrogen) atoms. The normalized spacial score (nSPS) is 16.4. The van der Waals surface area contributed by atoms with Gasteiger partial charge in [0.1, 0.15) is 11.6 Å². The zero-order valence-corrected chi connectivity index (χ0v) is 17.9. The van der Waals surface area contributed by atoms with Gasteiger partial charge in [0, 0.05) is 25.4 Å². The maximum atomic E-state index is 13.2. The summed E-state index contributed by atoms with van der Waals surface area (Å²) in [6.07, 6.45) is 3.67. The molecule has 1 aromatic heterocycles. The maximum Gasteiger partial charge on any atom is 0.250 e. The summed E-state index contributed by atoms with van der Waals surface area (Å²) in [6.45, 7) is 2.90. The number of aromatic nitrogens is 1. The van der Waals surface area contributed by atoms with E-state index in [1.54, 1.807) is 24.3 Å². The van der Waals surface area contributed by atoms with Crippen molar-refractivity contribution in [3.63, 3.8) is 0 Å². The lowest BCUT2D eigenvalue weighted by Gasteiger charge is -2.33. The third-order valence-electron chi connectivity index (χ3n) is 5.42. The van der Waals surface area contributed by atoms with E-state index in [1.165, 1.54) is 17.3 Å². The Morgan fingerprint density at radius 3 is 2.48 bits per heavy atom. The molecule has 2 N–H and O–H groups in total. The first-order valence-corrected chi connectivity index (χ1v) is 10.1. The lowest BCUT2D eigenvalue weighted by Crippen LogP contribution is -2.33. The average Bonchev–Trinajstić information content (AvgIpc) is 2.76. The highest BCUT2D eigenvalue weighted by atomic mass is 35.5. The molecule has 0 aliphatic carbocycles. The second-order valence-corrected chi connectivity index (χ2v) is 7.62. The van der Waals surface area contributed by atoms with Crippen molar-refractivity contribution >= 4 is 18.3 Å². The molecule has 3 aromatic rings. The predicted molar refractivity (Wildman–Crippen MR) is 120 cm³/mol. The Morgan fingerprint density at radius 2 is 1.84 bits per heavy atom. The summed E-state index contributed by atoms with van der Waals surface area (Å²) in [4.78, 5) is 17.6. The summed E-state index contributed by atoms with van der Waals surface area (Å²) in [5, 5.41) is 0.